The fourth-order valence-electron chi connectivity index (χ4n) is 0. The first-order chi connectivity index (χ1) is 1.41. The van der Waals surface area contributed by atoms with E-state index in [0.717, 1.165) is 0 Å². The van der Waals surface area contributed by atoms with Gasteiger partial charge in [-0.05, 0) is 0 Å². The number of nitrogens with two attached hydrogens (primary N) is 1. The molecule has 0 saturated heterocycles. The first-order valence-electron chi connectivity index (χ1n) is 0.512. The van der Waals surface area contributed by atoms with Crippen LogP contribution in [0.3, 0.4) is 0 Å². The molecular formula is CH2Li2N2+2. The molecule has 0 unspecified atom stereocenters. The van der Waals surface area contributed by atoms with E-state index in [4.69, 9.17) is 5.26 Å². The zero-order chi connectivity index (χ0) is 2.71. The maximum absolute atomic E-state index is 7.10. The molecule has 4 heteroatoms. The van der Waals surface area contributed by atoms with Crippen molar-refractivity contribution < 1.29 is 37.7 Å². The van der Waals surface area contributed by atoms with E-state index in [-0.39, 0.29) is 37.7 Å². The summed E-state index contributed by atoms with van der Waals surface area (Å²) in [5, 5.41) is 7.10. The monoisotopic (exact) mass is 56.1 g/mol. The minimum atomic E-state index is 0. The standard InChI is InChI=1S/CH2N2.2Li/c2-1-3;;/h2H2;;/q;2*+1. The Hall–Kier alpha value is 0.485. The second-order valence-corrected chi connectivity index (χ2v) is 0.129. The third kappa shape index (κ3) is 118. The minimum absolute atomic E-state index is 0. The van der Waals surface area contributed by atoms with E-state index in [0.29, 0.717) is 0 Å². The van der Waals surface area contributed by atoms with Crippen molar-refractivity contribution in [3.8, 4) is 6.19 Å². The molecule has 0 aliphatic carbocycles. The Bertz CT molecular complexity index is 29.1. The van der Waals surface area contributed by atoms with Crippen molar-refractivity contribution in [2.75, 3.05) is 0 Å². The van der Waals surface area contributed by atoms with Crippen molar-refractivity contribution in [3.63, 3.8) is 0 Å². The fourth-order valence-corrected chi connectivity index (χ4v) is 0. The Labute approximate surface area is 55.1 Å². The molecule has 0 aromatic heterocycles. The van der Waals surface area contributed by atoms with E-state index in [1.165, 1.54) is 6.19 Å². The van der Waals surface area contributed by atoms with Gasteiger partial charge in [-0.25, -0.2) is 0 Å². The van der Waals surface area contributed by atoms with Crippen LogP contribution in [0.4, 0.5) is 0 Å². The second-order valence-electron chi connectivity index (χ2n) is 0.129. The fraction of sp³-hybridized carbons (Fsp3) is 0. The maximum atomic E-state index is 7.10. The molecular weight excluding hydrogens is 53.9 g/mol. The predicted octanol–water partition coefficient (Wildman–Crippen LogP) is -6.57. The Morgan fingerprint density at radius 3 is 1.40 bits per heavy atom. The van der Waals surface area contributed by atoms with Gasteiger partial charge in [0.2, 0.25) is 0 Å². The topological polar surface area (TPSA) is 49.8 Å². The van der Waals surface area contributed by atoms with E-state index in [2.05, 4.69) is 5.73 Å². The molecule has 2 nitrogen and oxygen atoms in total. The van der Waals surface area contributed by atoms with E-state index in [1.807, 2.05) is 0 Å². The predicted molar refractivity (Wildman–Crippen MR) is 9.80 cm³/mol. The van der Waals surface area contributed by atoms with Gasteiger partial charge >= 0.3 is 37.7 Å². The van der Waals surface area contributed by atoms with Gasteiger partial charge < -0.3 is 5.73 Å². The number of hydrogen-bond donors (Lipinski definition) is 1. The van der Waals surface area contributed by atoms with Gasteiger partial charge in [-0.3, -0.25) is 0 Å². The van der Waals surface area contributed by atoms with E-state index >= 15 is 0 Å². The molecule has 0 atom stereocenters. The van der Waals surface area contributed by atoms with Crippen molar-refractivity contribution >= 4 is 0 Å². The van der Waals surface area contributed by atoms with Crippen molar-refractivity contribution in [2.45, 2.75) is 0 Å². The normalized spacial score (nSPS) is 1.40. The van der Waals surface area contributed by atoms with Crippen LogP contribution in [-0.2, 0) is 0 Å². The third-order valence-electron chi connectivity index (χ3n) is 0. The molecule has 0 fully saturated rings. The third-order valence-corrected chi connectivity index (χ3v) is 0. The summed E-state index contributed by atoms with van der Waals surface area (Å²) in [6.45, 7) is 0. The van der Waals surface area contributed by atoms with E-state index in [1.54, 1.807) is 0 Å². The van der Waals surface area contributed by atoms with Gasteiger partial charge in [-0.1, -0.05) is 0 Å². The molecule has 5 heavy (non-hydrogen) atoms. The molecule has 16 valence electrons. The summed E-state index contributed by atoms with van der Waals surface area (Å²) in [7, 11) is 0. The Kier molecular flexibility index (Phi) is 88.3. The Morgan fingerprint density at radius 1 is 1.40 bits per heavy atom. The zero-order valence-electron chi connectivity index (χ0n) is 3.52. The molecule has 0 saturated carbocycles. The van der Waals surface area contributed by atoms with Crippen LogP contribution in [0, 0.1) is 11.5 Å². The summed E-state index contributed by atoms with van der Waals surface area (Å²) in [6, 6.07) is 0. The van der Waals surface area contributed by atoms with E-state index < -0.39 is 0 Å². The molecule has 0 aromatic carbocycles. The largest absolute Gasteiger partial charge is 1.00 e. The van der Waals surface area contributed by atoms with Gasteiger partial charge in [0.1, 0.15) is 0 Å². The maximum Gasteiger partial charge on any atom is 1.00 e. The van der Waals surface area contributed by atoms with Crippen LogP contribution < -0.4 is 43.5 Å². The van der Waals surface area contributed by atoms with Crippen LogP contribution in [0.15, 0.2) is 0 Å². The molecule has 0 spiro atoms. The first kappa shape index (κ1) is 17.9. The van der Waals surface area contributed by atoms with Crippen LogP contribution in [0.5, 0.6) is 0 Å². The molecule has 0 radical (unpaired) electrons. The average molecular weight is 55.9 g/mol. The van der Waals surface area contributed by atoms with Crippen LogP contribution in [0.2, 0.25) is 0 Å². The van der Waals surface area contributed by atoms with Crippen LogP contribution >= 0.6 is 0 Å². The SMILES string of the molecule is N#CN.[Li+].[Li+]. The second kappa shape index (κ2) is 24.7. The summed E-state index contributed by atoms with van der Waals surface area (Å²) in [4.78, 5) is 0. The number of rotatable bonds is 0. The molecule has 0 amide bonds. The summed E-state index contributed by atoms with van der Waals surface area (Å²) in [5.74, 6) is 0. The number of hydrogen-bond acceptors (Lipinski definition) is 2. The smallest absolute Gasteiger partial charge is 0.337 e. The zero-order valence-corrected chi connectivity index (χ0v) is 3.52. The van der Waals surface area contributed by atoms with Gasteiger partial charge in [0, 0.05) is 0 Å². The molecule has 2 N–H and O–H groups in total. The van der Waals surface area contributed by atoms with Crippen molar-refractivity contribution in [2.24, 2.45) is 5.73 Å². The van der Waals surface area contributed by atoms with Gasteiger partial charge in [-0.15, -0.1) is 0 Å². The van der Waals surface area contributed by atoms with Gasteiger partial charge in [-0.2, -0.15) is 5.26 Å². The minimum Gasteiger partial charge on any atom is -0.337 e. The van der Waals surface area contributed by atoms with Crippen LogP contribution in [-0.4, -0.2) is 0 Å². The van der Waals surface area contributed by atoms with Gasteiger partial charge in [0.15, 0.2) is 6.19 Å². The van der Waals surface area contributed by atoms with Crippen LogP contribution in [0.25, 0.3) is 0 Å². The molecule has 0 aliphatic rings. The number of nitriles is 1. The molecule has 0 aliphatic heterocycles. The molecule has 0 bridgehead atoms. The summed E-state index contributed by atoms with van der Waals surface area (Å²) < 4.78 is 0. The Morgan fingerprint density at radius 2 is 1.40 bits per heavy atom. The quantitative estimate of drug-likeness (QED) is 0.170. The molecule has 0 heterocycles. The summed E-state index contributed by atoms with van der Waals surface area (Å²) in [6.07, 6.45) is 1.25. The van der Waals surface area contributed by atoms with E-state index in [9.17, 15) is 0 Å². The van der Waals surface area contributed by atoms with Crippen molar-refractivity contribution in [1.82, 2.24) is 0 Å². The van der Waals surface area contributed by atoms with Crippen molar-refractivity contribution in [3.05, 3.63) is 0 Å². The van der Waals surface area contributed by atoms with Gasteiger partial charge in [0.25, 0.3) is 0 Å². The summed E-state index contributed by atoms with van der Waals surface area (Å²) >= 11 is 0. The number of nitrogens with zero attached hydrogens (tertiary/aromatic N) is 1. The van der Waals surface area contributed by atoms with Crippen molar-refractivity contribution in [1.29, 1.82) is 5.26 Å². The molecule has 0 aromatic rings. The first-order valence-corrected chi connectivity index (χ1v) is 0.512. The Balaban J connectivity index is -0.0000000200. The summed E-state index contributed by atoms with van der Waals surface area (Å²) in [5.41, 5.74) is 4.15. The van der Waals surface area contributed by atoms with Gasteiger partial charge in [0.05, 0.1) is 0 Å². The molecule has 0 rings (SSSR count). The van der Waals surface area contributed by atoms with Crippen LogP contribution in [0.1, 0.15) is 0 Å². The average Bonchev–Trinajstić information content (AvgIpc) is 0.918.